The normalized spacial score (nSPS) is 10.8. The van der Waals surface area contributed by atoms with Crippen LogP contribution >= 0.6 is 0 Å². The van der Waals surface area contributed by atoms with E-state index in [-0.39, 0.29) is 10.6 Å². The average molecular weight is 368 g/mol. The second kappa shape index (κ2) is 7.71. The van der Waals surface area contributed by atoms with Gasteiger partial charge < -0.3 is 14.8 Å². The molecule has 0 saturated heterocycles. The first-order chi connectivity index (χ1) is 12.5. The molecule has 0 saturated carbocycles. The van der Waals surface area contributed by atoms with Gasteiger partial charge >= 0.3 is 16.1 Å². The van der Waals surface area contributed by atoms with Gasteiger partial charge in [-0.15, -0.1) is 0 Å². The van der Waals surface area contributed by atoms with Crippen molar-refractivity contribution in [3.05, 3.63) is 84.9 Å². The Hall–Kier alpha value is -3.32. The van der Waals surface area contributed by atoms with E-state index >= 15 is 0 Å². The Morgan fingerprint density at radius 3 is 2.00 bits per heavy atom. The zero-order valence-corrected chi connectivity index (χ0v) is 14.4. The summed E-state index contributed by atoms with van der Waals surface area (Å²) < 4.78 is 29.8. The van der Waals surface area contributed by atoms with E-state index in [9.17, 15) is 13.2 Å². The Morgan fingerprint density at radius 2 is 1.31 bits per heavy atom. The molecular weight excluding hydrogens is 352 g/mol. The van der Waals surface area contributed by atoms with Gasteiger partial charge in [0.25, 0.3) is 0 Å². The van der Waals surface area contributed by atoms with Crippen LogP contribution in [0.25, 0.3) is 0 Å². The summed E-state index contributed by atoms with van der Waals surface area (Å²) in [7, 11) is -4.00. The highest BCUT2D eigenvalue weighted by atomic mass is 32.2. The van der Waals surface area contributed by atoms with Gasteiger partial charge in [0, 0.05) is 11.4 Å². The van der Waals surface area contributed by atoms with Gasteiger partial charge in [0.1, 0.15) is 10.6 Å². The fourth-order valence-electron chi connectivity index (χ4n) is 2.20. The summed E-state index contributed by atoms with van der Waals surface area (Å²) in [4.78, 5) is 12.0. The highest BCUT2D eigenvalue weighted by molar-refractivity contribution is 7.87. The maximum atomic E-state index is 12.4. The van der Waals surface area contributed by atoms with E-state index in [4.69, 9.17) is 4.18 Å². The standard InChI is InChI=1S/C19H16N2O4S/c22-19(20-15-8-3-1-4-9-15)21-16-10-7-13-18(14-16)26(23,24)25-17-11-5-2-6-12-17/h1-14H,(H2,20,21,22). The van der Waals surface area contributed by atoms with E-state index in [2.05, 4.69) is 10.6 Å². The van der Waals surface area contributed by atoms with Crippen molar-refractivity contribution in [3.63, 3.8) is 0 Å². The monoisotopic (exact) mass is 368 g/mol. The minimum atomic E-state index is -4.00. The molecule has 0 atom stereocenters. The number of para-hydroxylation sites is 2. The minimum Gasteiger partial charge on any atom is -0.379 e. The molecular formula is C19H16N2O4S. The summed E-state index contributed by atoms with van der Waals surface area (Å²) >= 11 is 0. The molecule has 0 radical (unpaired) electrons. The van der Waals surface area contributed by atoms with E-state index < -0.39 is 16.1 Å². The molecule has 26 heavy (non-hydrogen) atoms. The number of amides is 2. The molecule has 0 bridgehead atoms. The third-order valence-corrected chi connectivity index (χ3v) is 4.60. The summed E-state index contributed by atoms with van der Waals surface area (Å²) in [5, 5.41) is 5.25. The topological polar surface area (TPSA) is 84.5 Å². The highest BCUT2D eigenvalue weighted by Crippen LogP contribution is 2.21. The van der Waals surface area contributed by atoms with E-state index in [1.165, 1.54) is 18.2 Å². The molecule has 3 aromatic carbocycles. The predicted octanol–water partition coefficient (Wildman–Crippen LogP) is 4.10. The van der Waals surface area contributed by atoms with Crippen LogP contribution in [0.1, 0.15) is 0 Å². The van der Waals surface area contributed by atoms with Crippen LogP contribution in [-0.2, 0) is 10.1 Å². The van der Waals surface area contributed by atoms with Crippen LogP contribution in [0.2, 0.25) is 0 Å². The van der Waals surface area contributed by atoms with Crippen LogP contribution in [0.15, 0.2) is 89.8 Å². The number of urea groups is 1. The SMILES string of the molecule is O=C(Nc1ccccc1)Nc1cccc(S(=O)(=O)Oc2ccccc2)c1. The average Bonchev–Trinajstić information content (AvgIpc) is 2.63. The Balaban J connectivity index is 1.72. The lowest BCUT2D eigenvalue weighted by Crippen LogP contribution is -2.19. The van der Waals surface area contributed by atoms with Crippen molar-refractivity contribution < 1.29 is 17.4 Å². The number of benzene rings is 3. The number of carbonyl (C=O) groups is 1. The second-order valence-electron chi connectivity index (χ2n) is 5.32. The highest BCUT2D eigenvalue weighted by Gasteiger charge is 2.17. The molecule has 2 N–H and O–H groups in total. The third kappa shape index (κ3) is 4.61. The number of hydrogen-bond acceptors (Lipinski definition) is 4. The molecule has 0 aromatic heterocycles. The number of hydrogen-bond donors (Lipinski definition) is 2. The molecule has 0 unspecified atom stereocenters. The van der Waals surface area contributed by atoms with Crippen molar-refractivity contribution in [1.82, 2.24) is 0 Å². The molecule has 3 aromatic rings. The van der Waals surface area contributed by atoms with E-state index in [0.29, 0.717) is 11.4 Å². The zero-order chi connectivity index (χ0) is 18.4. The van der Waals surface area contributed by atoms with Crippen molar-refractivity contribution in [2.75, 3.05) is 10.6 Å². The van der Waals surface area contributed by atoms with Gasteiger partial charge in [0.2, 0.25) is 0 Å². The molecule has 3 rings (SSSR count). The number of rotatable bonds is 5. The van der Waals surface area contributed by atoms with Gasteiger partial charge in [0.05, 0.1) is 0 Å². The van der Waals surface area contributed by atoms with Crippen LogP contribution < -0.4 is 14.8 Å². The summed E-state index contributed by atoms with van der Waals surface area (Å²) in [6, 6.07) is 22.5. The van der Waals surface area contributed by atoms with Gasteiger partial charge in [-0.1, -0.05) is 42.5 Å². The maximum absolute atomic E-state index is 12.4. The molecule has 0 spiro atoms. The first-order valence-electron chi connectivity index (χ1n) is 7.76. The first kappa shape index (κ1) is 17.5. The fraction of sp³-hybridized carbons (Fsp3) is 0. The van der Waals surface area contributed by atoms with Gasteiger partial charge in [0.15, 0.2) is 0 Å². The van der Waals surface area contributed by atoms with Gasteiger partial charge in [-0.3, -0.25) is 0 Å². The summed E-state index contributed by atoms with van der Waals surface area (Å²) in [6.07, 6.45) is 0. The first-order valence-corrected chi connectivity index (χ1v) is 9.16. The van der Waals surface area contributed by atoms with Crippen molar-refractivity contribution in [1.29, 1.82) is 0 Å². The lowest BCUT2D eigenvalue weighted by molar-refractivity contribution is 0.262. The molecule has 0 aliphatic carbocycles. The number of nitrogens with one attached hydrogen (secondary N) is 2. The molecule has 0 aliphatic heterocycles. The van der Waals surface area contributed by atoms with Crippen LogP contribution in [-0.4, -0.2) is 14.4 Å². The second-order valence-corrected chi connectivity index (χ2v) is 6.87. The molecule has 7 heteroatoms. The van der Waals surface area contributed by atoms with Crippen molar-refractivity contribution >= 4 is 27.5 Å². The minimum absolute atomic E-state index is 0.0566. The Bertz CT molecular complexity index is 990. The maximum Gasteiger partial charge on any atom is 0.339 e. The van der Waals surface area contributed by atoms with Gasteiger partial charge in [-0.05, 0) is 42.5 Å². The Labute approximate surface area is 151 Å². The molecule has 132 valence electrons. The number of anilines is 2. The van der Waals surface area contributed by atoms with Crippen molar-refractivity contribution in [2.24, 2.45) is 0 Å². The van der Waals surface area contributed by atoms with Crippen molar-refractivity contribution in [2.45, 2.75) is 4.90 Å². The molecule has 0 fully saturated rings. The quantitative estimate of drug-likeness (QED) is 0.664. The summed E-state index contributed by atoms with van der Waals surface area (Å²) in [5.74, 6) is 0.215. The van der Waals surface area contributed by atoms with Gasteiger partial charge in [-0.2, -0.15) is 8.42 Å². The number of carbonyl (C=O) groups excluding carboxylic acids is 1. The van der Waals surface area contributed by atoms with E-state index in [0.717, 1.165) is 0 Å². The van der Waals surface area contributed by atoms with E-state index in [1.54, 1.807) is 60.7 Å². The molecule has 2 amide bonds. The van der Waals surface area contributed by atoms with Crippen molar-refractivity contribution in [3.8, 4) is 5.75 Å². The van der Waals surface area contributed by atoms with Gasteiger partial charge in [-0.25, -0.2) is 4.79 Å². The predicted molar refractivity (Wildman–Crippen MR) is 99.8 cm³/mol. The Morgan fingerprint density at radius 1 is 0.731 bits per heavy atom. The molecule has 0 aliphatic rings. The molecule has 6 nitrogen and oxygen atoms in total. The summed E-state index contributed by atoms with van der Waals surface area (Å²) in [5.41, 5.74) is 0.956. The van der Waals surface area contributed by atoms with Crippen LogP contribution in [0.3, 0.4) is 0 Å². The van der Waals surface area contributed by atoms with Crippen LogP contribution in [0.5, 0.6) is 5.75 Å². The smallest absolute Gasteiger partial charge is 0.339 e. The third-order valence-electron chi connectivity index (χ3n) is 3.36. The fourth-order valence-corrected chi connectivity index (χ4v) is 3.17. The Kier molecular flexibility index (Phi) is 5.19. The van der Waals surface area contributed by atoms with Crippen LogP contribution in [0.4, 0.5) is 16.2 Å². The lowest BCUT2D eigenvalue weighted by atomic mass is 10.3. The largest absolute Gasteiger partial charge is 0.379 e. The zero-order valence-electron chi connectivity index (χ0n) is 13.6. The van der Waals surface area contributed by atoms with Crippen LogP contribution in [0, 0.1) is 0 Å². The lowest BCUT2D eigenvalue weighted by Gasteiger charge is -2.10. The molecule has 0 heterocycles. The summed E-state index contributed by atoms with van der Waals surface area (Å²) in [6.45, 7) is 0. The van der Waals surface area contributed by atoms with E-state index in [1.807, 2.05) is 6.07 Å².